The van der Waals surface area contributed by atoms with Crippen LogP contribution < -0.4 is 5.32 Å². The third-order valence-electron chi connectivity index (χ3n) is 4.65. The summed E-state index contributed by atoms with van der Waals surface area (Å²) in [5, 5.41) is 3.55. The van der Waals surface area contributed by atoms with E-state index < -0.39 is 0 Å². The van der Waals surface area contributed by atoms with Crippen molar-refractivity contribution in [2.75, 3.05) is 13.1 Å². The van der Waals surface area contributed by atoms with Crippen molar-refractivity contribution >= 4 is 0 Å². The highest BCUT2D eigenvalue weighted by molar-refractivity contribution is 5.28. The molecule has 114 valence electrons. The fraction of sp³-hybridized carbons (Fsp3) is 0.684. The Hall–Kier alpha value is -0.820. The summed E-state index contributed by atoms with van der Waals surface area (Å²) in [6.07, 6.45) is 3.65. The van der Waals surface area contributed by atoms with Crippen LogP contribution in [-0.2, 0) is 11.8 Å². The van der Waals surface area contributed by atoms with Gasteiger partial charge in [0, 0.05) is 6.54 Å². The highest BCUT2D eigenvalue weighted by atomic mass is 14.9. The van der Waals surface area contributed by atoms with E-state index in [1.165, 1.54) is 30.4 Å². The lowest BCUT2D eigenvalue weighted by atomic mass is 9.76. The molecule has 1 nitrogen and oxygen atoms in total. The molecule has 0 radical (unpaired) electrons. The van der Waals surface area contributed by atoms with Gasteiger partial charge in [-0.3, -0.25) is 0 Å². The van der Waals surface area contributed by atoms with Crippen LogP contribution in [0.3, 0.4) is 0 Å². The summed E-state index contributed by atoms with van der Waals surface area (Å²) in [6, 6.07) is 9.26. The molecule has 1 heteroatoms. The minimum atomic E-state index is 0.245. The van der Waals surface area contributed by atoms with E-state index in [1.54, 1.807) is 0 Å². The standard InChI is InChI=1S/C19H33N/c1-7-19(8-2,15-20-9-3)14-16-10-12-17(13-11-16)18(4,5)6/h10-13,20H,7-9,14-15H2,1-6H3. The molecular weight excluding hydrogens is 242 g/mol. The summed E-state index contributed by atoms with van der Waals surface area (Å²) < 4.78 is 0. The van der Waals surface area contributed by atoms with Crippen LogP contribution in [-0.4, -0.2) is 13.1 Å². The van der Waals surface area contributed by atoms with Crippen LogP contribution >= 0.6 is 0 Å². The highest BCUT2D eigenvalue weighted by Crippen LogP contribution is 2.31. The number of hydrogen-bond acceptors (Lipinski definition) is 1. The SMILES string of the molecule is CCNCC(CC)(CC)Cc1ccc(C(C)(C)C)cc1. The minimum Gasteiger partial charge on any atom is -0.316 e. The predicted octanol–water partition coefficient (Wildman–Crippen LogP) is 4.94. The molecule has 0 aliphatic carbocycles. The molecule has 0 aliphatic rings. The molecule has 1 aromatic rings. The molecule has 0 bridgehead atoms. The molecule has 0 atom stereocenters. The first-order valence-corrected chi connectivity index (χ1v) is 8.17. The van der Waals surface area contributed by atoms with E-state index in [-0.39, 0.29) is 5.41 Å². The van der Waals surface area contributed by atoms with Gasteiger partial charge in [-0.25, -0.2) is 0 Å². The van der Waals surface area contributed by atoms with Gasteiger partial charge in [0.25, 0.3) is 0 Å². The van der Waals surface area contributed by atoms with Crippen molar-refractivity contribution in [2.24, 2.45) is 5.41 Å². The molecule has 0 saturated heterocycles. The molecule has 1 N–H and O–H groups in total. The summed E-state index contributed by atoms with van der Waals surface area (Å²) in [5.74, 6) is 0. The Kier molecular flexibility index (Phi) is 6.26. The molecule has 0 amide bonds. The second-order valence-electron chi connectivity index (χ2n) is 7.11. The third-order valence-corrected chi connectivity index (χ3v) is 4.65. The van der Waals surface area contributed by atoms with Crippen LogP contribution in [0.15, 0.2) is 24.3 Å². The summed E-state index contributed by atoms with van der Waals surface area (Å²) in [5.41, 5.74) is 3.54. The monoisotopic (exact) mass is 275 g/mol. The van der Waals surface area contributed by atoms with Gasteiger partial charge in [-0.15, -0.1) is 0 Å². The van der Waals surface area contributed by atoms with Gasteiger partial charge >= 0.3 is 0 Å². The van der Waals surface area contributed by atoms with E-state index in [1.807, 2.05) is 0 Å². The number of nitrogens with one attached hydrogen (secondary N) is 1. The van der Waals surface area contributed by atoms with E-state index in [9.17, 15) is 0 Å². The zero-order chi connectivity index (χ0) is 15.2. The van der Waals surface area contributed by atoms with Crippen LogP contribution in [0.5, 0.6) is 0 Å². The van der Waals surface area contributed by atoms with Gasteiger partial charge in [0.15, 0.2) is 0 Å². The third kappa shape index (κ3) is 4.63. The smallest absolute Gasteiger partial charge is 0.00107 e. The van der Waals surface area contributed by atoms with Crippen molar-refractivity contribution in [2.45, 2.75) is 66.2 Å². The Labute approximate surface area is 126 Å². The average molecular weight is 275 g/mol. The summed E-state index contributed by atoms with van der Waals surface area (Å²) in [7, 11) is 0. The molecule has 0 spiro atoms. The summed E-state index contributed by atoms with van der Waals surface area (Å²) in [4.78, 5) is 0. The quantitative estimate of drug-likeness (QED) is 0.743. The molecule has 1 aromatic carbocycles. The topological polar surface area (TPSA) is 12.0 Å². The second-order valence-corrected chi connectivity index (χ2v) is 7.11. The molecule has 0 saturated carbocycles. The molecule has 0 unspecified atom stereocenters. The van der Waals surface area contributed by atoms with Crippen LogP contribution in [0.25, 0.3) is 0 Å². The van der Waals surface area contributed by atoms with Crippen molar-refractivity contribution in [1.82, 2.24) is 5.32 Å². The second kappa shape index (κ2) is 7.26. The maximum absolute atomic E-state index is 3.55. The Balaban J connectivity index is 2.84. The normalized spacial score (nSPS) is 12.7. The molecule has 0 heterocycles. The van der Waals surface area contributed by atoms with Crippen LogP contribution in [0, 0.1) is 5.41 Å². The number of rotatable bonds is 7. The summed E-state index contributed by atoms with van der Waals surface area (Å²) in [6.45, 7) is 15.8. The lowest BCUT2D eigenvalue weighted by Crippen LogP contribution is -2.35. The van der Waals surface area contributed by atoms with Gasteiger partial charge in [0.1, 0.15) is 0 Å². The Morgan fingerprint density at radius 3 is 1.85 bits per heavy atom. The predicted molar refractivity (Wildman–Crippen MR) is 90.4 cm³/mol. The van der Waals surface area contributed by atoms with Crippen LogP contribution in [0.4, 0.5) is 0 Å². The van der Waals surface area contributed by atoms with Crippen molar-refractivity contribution < 1.29 is 0 Å². The average Bonchev–Trinajstić information content (AvgIpc) is 2.43. The van der Waals surface area contributed by atoms with Crippen molar-refractivity contribution in [3.05, 3.63) is 35.4 Å². The number of hydrogen-bond donors (Lipinski definition) is 1. The van der Waals surface area contributed by atoms with Gasteiger partial charge < -0.3 is 5.32 Å². The first kappa shape index (κ1) is 17.2. The van der Waals surface area contributed by atoms with E-state index >= 15 is 0 Å². The van der Waals surface area contributed by atoms with E-state index in [2.05, 4.69) is 71.1 Å². The van der Waals surface area contributed by atoms with E-state index in [4.69, 9.17) is 0 Å². The fourth-order valence-electron chi connectivity index (χ4n) is 2.76. The molecule has 0 aromatic heterocycles. The molecule has 20 heavy (non-hydrogen) atoms. The molecule has 1 rings (SSSR count). The van der Waals surface area contributed by atoms with E-state index in [0.717, 1.165) is 13.1 Å². The molecule has 0 aliphatic heterocycles. The lowest BCUT2D eigenvalue weighted by molar-refractivity contribution is 0.248. The van der Waals surface area contributed by atoms with Gasteiger partial charge in [-0.05, 0) is 47.8 Å². The zero-order valence-electron chi connectivity index (χ0n) is 14.3. The highest BCUT2D eigenvalue weighted by Gasteiger charge is 2.26. The van der Waals surface area contributed by atoms with Crippen molar-refractivity contribution in [3.8, 4) is 0 Å². The fourth-order valence-corrected chi connectivity index (χ4v) is 2.76. The Morgan fingerprint density at radius 1 is 0.900 bits per heavy atom. The largest absolute Gasteiger partial charge is 0.316 e. The van der Waals surface area contributed by atoms with Gasteiger partial charge in [-0.1, -0.05) is 65.8 Å². The maximum atomic E-state index is 3.55. The Bertz CT molecular complexity index is 379. The first-order valence-electron chi connectivity index (χ1n) is 8.17. The first-order chi connectivity index (χ1) is 9.37. The van der Waals surface area contributed by atoms with Crippen LogP contribution in [0.1, 0.15) is 65.5 Å². The lowest BCUT2D eigenvalue weighted by Gasteiger charge is -2.32. The zero-order valence-corrected chi connectivity index (χ0v) is 14.3. The van der Waals surface area contributed by atoms with Gasteiger partial charge in [0.2, 0.25) is 0 Å². The van der Waals surface area contributed by atoms with Crippen molar-refractivity contribution in [1.29, 1.82) is 0 Å². The maximum Gasteiger partial charge on any atom is 0.00107 e. The Morgan fingerprint density at radius 2 is 1.45 bits per heavy atom. The van der Waals surface area contributed by atoms with Crippen LogP contribution in [0.2, 0.25) is 0 Å². The molecule has 0 fully saturated rings. The van der Waals surface area contributed by atoms with E-state index in [0.29, 0.717) is 5.41 Å². The number of benzene rings is 1. The van der Waals surface area contributed by atoms with Gasteiger partial charge in [-0.2, -0.15) is 0 Å². The summed E-state index contributed by atoms with van der Waals surface area (Å²) >= 11 is 0. The van der Waals surface area contributed by atoms with Crippen molar-refractivity contribution in [3.63, 3.8) is 0 Å². The van der Waals surface area contributed by atoms with Gasteiger partial charge in [0.05, 0.1) is 0 Å². The molecular formula is C19H33N. The minimum absolute atomic E-state index is 0.245.